The van der Waals surface area contributed by atoms with Crippen molar-refractivity contribution >= 4 is 11.8 Å². The van der Waals surface area contributed by atoms with Gasteiger partial charge in [-0.15, -0.1) is 0 Å². The van der Waals surface area contributed by atoms with Crippen molar-refractivity contribution in [3.63, 3.8) is 0 Å². The van der Waals surface area contributed by atoms with Crippen molar-refractivity contribution < 1.29 is 29.6 Å². The van der Waals surface area contributed by atoms with Gasteiger partial charge in [0.1, 0.15) is 5.75 Å². The number of carbonyl (C=O) groups is 2. The Morgan fingerprint density at radius 2 is 1.81 bits per heavy atom. The molecule has 6 nitrogen and oxygen atoms in total. The minimum absolute atomic E-state index is 0.0659. The number of ketones is 1. The lowest BCUT2D eigenvalue weighted by atomic mass is 9.58. The van der Waals surface area contributed by atoms with Crippen molar-refractivity contribution in [3.05, 3.63) is 28.8 Å². The number of hydrogen-bond acceptors (Lipinski definition) is 6. The summed E-state index contributed by atoms with van der Waals surface area (Å²) in [4.78, 5) is 25.2. The zero-order valence-corrected chi connectivity index (χ0v) is 15.4. The smallest absolute Gasteiger partial charge is 0.306 e. The minimum atomic E-state index is -1.10. The van der Waals surface area contributed by atoms with E-state index in [4.69, 9.17) is 4.74 Å². The normalized spacial score (nSPS) is 27.7. The van der Waals surface area contributed by atoms with Gasteiger partial charge in [-0.2, -0.15) is 0 Å². The quantitative estimate of drug-likeness (QED) is 0.324. The van der Waals surface area contributed by atoms with E-state index in [1.165, 1.54) is 0 Å². The summed E-state index contributed by atoms with van der Waals surface area (Å²) in [7, 11) is 0. The number of hydrogen-bond donors (Lipinski definition) is 3. The van der Waals surface area contributed by atoms with Crippen LogP contribution in [0.4, 0.5) is 0 Å². The summed E-state index contributed by atoms with van der Waals surface area (Å²) in [6, 6.07) is 0. The van der Waals surface area contributed by atoms with E-state index in [0.717, 1.165) is 0 Å². The number of esters is 1. The maximum Gasteiger partial charge on any atom is 0.306 e. The summed E-state index contributed by atoms with van der Waals surface area (Å²) in [5.74, 6) is -3.16. The molecule has 3 rings (SSSR count). The lowest BCUT2D eigenvalue weighted by Crippen LogP contribution is -2.49. The Hall–Kier alpha value is -2.50. The number of carbonyl (C=O) groups excluding carboxylic acids is 2. The first-order valence-electron chi connectivity index (χ1n) is 8.72. The average molecular weight is 360 g/mol. The molecule has 3 atom stereocenters. The van der Waals surface area contributed by atoms with E-state index in [1.54, 1.807) is 27.7 Å². The van der Waals surface area contributed by atoms with Gasteiger partial charge in [-0.25, -0.2) is 0 Å². The lowest BCUT2D eigenvalue weighted by molar-refractivity contribution is -0.147. The molecule has 1 aromatic rings. The maximum atomic E-state index is 13.2. The molecule has 2 aliphatic rings. The molecule has 0 amide bonds. The summed E-state index contributed by atoms with van der Waals surface area (Å²) < 4.78 is 5.41. The number of aromatic hydroxyl groups is 3. The fourth-order valence-corrected chi connectivity index (χ4v) is 4.62. The van der Waals surface area contributed by atoms with Crippen LogP contribution in [0.5, 0.6) is 17.2 Å². The monoisotopic (exact) mass is 360 g/mol. The van der Waals surface area contributed by atoms with Crippen molar-refractivity contribution in [2.24, 2.45) is 5.92 Å². The largest absolute Gasteiger partial charge is 0.507 e. The van der Waals surface area contributed by atoms with Crippen LogP contribution >= 0.6 is 0 Å². The Kier molecular flexibility index (Phi) is 4.05. The Morgan fingerprint density at radius 1 is 1.19 bits per heavy atom. The van der Waals surface area contributed by atoms with E-state index in [9.17, 15) is 24.9 Å². The second-order valence-corrected chi connectivity index (χ2v) is 7.88. The number of phenolic OH excluding ortho intramolecular Hbond substituents is 3. The molecule has 1 aromatic carbocycles. The summed E-state index contributed by atoms with van der Waals surface area (Å²) >= 11 is 0. The van der Waals surface area contributed by atoms with Crippen molar-refractivity contribution in [2.45, 2.75) is 58.0 Å². The average Bonchev–Trinajstić information content (AvgIpc) is 2.64. The number of phenols is 3. The molecular weight excluding hydrogens is 336 g/mol. The molecule has 1 fully saturated rings. The van der Waals surface area contributed by atoms with Gasteiger partial charge >= 0.3 is 5.97 Å². The Morgan fingerprint density at radius 3 is 2.35 bits per heavy atom. The summed E-state index contributed by atoms with van der Waals surface area (Å²) in [5, 5.41) is 32.1. The molecule has 1 saturated heterocycles. The van der Waals surface area contributed by atoms with Crippen LogP contribution in [0.3, 0.4) is 0 Å². The van der Waals surface area contributed by atoms with Gasteiger partial charge in [-0.1, -0.05) is 32.9 Å². The first-order valence-corrected chi connectivity index (χ1v) is 8.72. The summed E-state index contributed by atoms with van der Waals surface area (Å²) in [6.45, 7) is 11.0. The van der Waals surface area contributed by atoms with Gasteiger partial charge in [0.25, 0.3) is 0 Å². The molecule has 140 valence electrons. The zero-order valence-electron chi connectivity index (χ0n) is 15.4. The van der Waals surface area contributed by atoms with Gasteiger partial charge in [0, 0.05) is 28.9 Å². The molecule has 1 aliphatic carbocycles. The number of rotatable bonds is 2. The van der Waals surface area contributed by atoms with Crippen molar-refractivity contribution in [1.29, 1.82) is 0 Å². The van der Waals surface area contributed by atoms with Gasteiger partial charge < -0.3 is 20.1 Å². The fraction of sp³-hybridized carbons (Fsp3) is 0.500. The predicted molar refractivity (Wildman–Crippen MR) is 94.6 cm³/mol. The second-order valence-electron chi connectivity index (χ2n) is 7.88. The first-order chi connectivity index (χ1) is 12.0. The van der Waals surface area contributed by atoms with Gasteiger partial charge in [-0.05, 0) is 19.3 Å². The Bertz CT molecular complexity index is 837. The minimum Gasteiger partial charge on any atom is -0.507 e. The van der Waals surface area contributed by atoms with Crippen LogP contribution in [0.15, 0.2) is 12.2 Å². The standard InChI is InChI=1S/C20H24O6/c1-8(2)11-15(22)12-14(18(25)16(11)23)20(5)7-6-10(21)26-19(17(12)24)13(20)9(3)4/h8,13,19,22-23,25H,3,6-7H2,1-2,4-5H3. The first kappa shape index (κ1) is 18.3. The second kappa shape index (κ2) is 5.76. The molecule has 1 aliphatic heterocycles. The van der Waals surface area contributed by atoms with Crippen LogP contribution in [-0.4, -0.2) is 33.2 Å². The molecule has 6 heteroatoms. The van der Waals surface area contributed by atoms with E-state index < -0.39 is 40.7 Å². The molecule has 2 bridgehead atoms. The molecule has 0 saturated carbocycles. The zero-order chi connectivity index (χ0) is 19.5. The SMILES string of the molecule is C=C(C)C1C2OC(=O)CCC1(C)c1c(O)c(O)c(C(C)C)c(O)c1C2=O. The van der Waals surface area contributed by atoms with Gasteiger partial charge in [-0.3, -0.25) is 9.59 Å². The molecule has 3 unspecified atom stereocenters. The van der Waals surface area contributed by atoms with Crippen LogP contribution in [0, 0.1) is 5.92 Å². The number of Topliss-reactive ketones (excluding diaryl/α,β-unsaturated/α-hetero) is 1. The lowest BCUT2D eigenvalue weighted by Gasteiger charge is -2.45. The maximum absolute atomic E-state index is 13.2. The number of fused-ring (bicyclic) bond motifs is 4. The van der Waals surface area contributed by atoms with E-state index in [2.05, 4.69) is 6.58 Å². The summed E-state index contributed by atoms with van der Waals surface area (Å²) in [5.41, 5.74) is -0.0406. The van der Waals surface area contributed by atoms with E-state index in [1.807, 2.05) is 0 Å². The van der Waals surface area contributed by atoms with Gasteiger partial charge in [0.2, 0.25) is 5.78 Å². The number of benzene rings is 1. The van der Waals surface area contributed by atoms with Crippen LogP contribution < -0.4 is 0 Å². The van der Waals surface area contributed by atoms with E-state index in [-0.39, 0.29) is 34.8 Å². The molecule has 0 spiro atoms. The molecule has 1 heterocycles. The summed E-state index contributed by atoms with van der Waals surface area (Å²) in [6.07, 6.45) is -0.737. The van der Waals surface area contributed by atoms with E-state index >= 15 is 0 Å². The Balaban J connectivity index is 2.45. The molecular formula is C20H24O6. The van der Waals surface area contributed by atoms with Crippen LogP contribution in [0.2, 0.25) is 0 Å². The van der Waals surface area contributed by atoms with Crippen molar-refractivity contribution in [3.8, 4) is 17.2 Å². The third kappa shape index (κ3) is 2.24. The molecule has 0 aromatic heterocycles. The highest BCUT2D eigenvalue weighted by molar-refractivity contribution is 6.08. The molecule has 3 N–H and O–H groups in total. The fourth-order valence-electron chi connectivity index (χ4n) is 4.62. The number of ether oxygens (including phenoxy) is 1. The molecule has 26 heavy (non-hydrogen) atoms. The Labute approximate surface area is 152 Å². The van der Waals surface area contributed by atoms with Crippen LogP contribution in [-0.2, 0) is 14.9 Å². The third-order valence-corrected chi connectivity index (χ3v) is 5.74. The predicted octanol–water partition coefficient (Wildman–Crippen LogP) is 3.28. The van der Waals surface area contributed by atoms with Crippen molar-refractivity contribution in [2.75, 3.05) is 0 Å². The molecule has 0 radical (unpaired) electrons. The van der Waals surface area contributed by atoms with Crippen molar-refractivity contribution in [1.82, 2.24) is 0 Å². The van der Waals surface area contributed by atoms with Gasteiger partial charge in [0.15, 0.2) is 17.6 Å². The highest BCUT2D eigenvalue weighted by atomic mass is 16.5. The van der Waals surface area contributed by atoms with Crippen LogP contribution in [0.1, 0.15) is 67.9 Å². The highest BCUT2D eigenvalue weighted by Crippen LogP contribution is 2.58. The van der Waals surface area contributed by atoms with E-state index in [0.29, 0.717) is 12.0 Å². The third-order valence-electron chi connectivity index (χ3n) is 5.74. The van der Waals surface area contributed by atoms with Gasteiger partial charge in [0.05, 0.1) is 5.56 Å². The highest BCUT2D eigenvalue weighted by Gasteiger charge is 2.56. The van der Waals surface area contributed by atoms with Crippen LogP contribution in [0.25, 0.3) is 0 Å². The topological polar surface area (TPSA) is 104 Å².